The number of alkyl halides is 12. The molecule has 0 saturated carbocycles. The normalized spacial score (nSPS) is 15.5. The zero-order valence-electron chi connectivity index (χ0n) is 9.88. The van der Waals surface area contributed by atoms with Crippen molar-refractivity contribution in [3.63, 3.8) is 0 Å². The Balaban J connectivity index is 6.39. The first-order valence-corrected chi connectivity index (χ1v) is 4.72. The number of hydrogen-bond donors (Lipinski definition) is 1. The van der Waals surface area contributed by atoms with Crippen LogP contribution in [0.5, 0.6) is 0 Å². The molecule has 1 N–H and O–H groups in total. The average molecular weight is 374 g/mol. The fourth-order valence-electron chi connectivity index (χ4n) is 1.01. The summed E-state index contributed by atoms with van der Waals surface area (Å²) in [5.74, 6) is -49.0. The summed E-state index contributed by atoms with van der Waals surface area (Å²) in [6, 6.07) is 0. The molecule has 0 aromatic heterocycles. The molecule has 0 heterocycles. The molecule has 0 aromatic rings. The summed E-state index contributed by atoms with van der Waals surface area (Å²) in [7, 11) is 0. The summed E-state index contributed by atoms with van der Waals surface area (Å²) < 4.78 is 152. The van der Waals surface area contributed by atoms with E-state index in [2.05, 4.69) is 0 Å². The maximum atomic E-state index is 12.8. The zero-order chi connectivity index (χ0) is 19.3. The fourth-order valence-corrected chi connectivity index (χ4v) is 1.01. The Morgan fingerprint density at radius 1 is 0.652 bits per heavy atom. The SMILES string of the molecule is O=CC(F)(F)C(F)(F)C(F)(F)C(F)(F)C(F)(F)C(F)(F)C(=O)O. The molecule has 0 unspecified atom stereocenters. The molecule has 0 radical (unpaired) electrons. The number of rotatable bonds is 7. The van der Waals surface area contributed by atoms with Gasteiger partial charge < -0.3 is 5.11 Å². The third kappa shape index (κ3) is 2.49. The number of carboxylic acids is 1. The molecule has 136 valence electrons. The van der Waals surface area contributed by atoms with Crippen molar-refractivity contribution >= 4 is 12.3 Å². The molecule has 3 nitrogen and oxygen atoms in total. The molecule has 0 aliphatic carbocycles. The summed E-state index contributed by atoms with van der Waals surface area (Å²) in [5.41, 5.74) is 0. The smallest absolute Gasteiger partial charge is 0.410 e. The largest absolute Gasteiger partial charge is 0.477 e. The van der Waals surface area contributed by atoms with Crippen LogP contribution in [0.3, 0.4) is 0 Å². The predicted molar refractivity (Wildman–Crippen MR) is 43.4 cm³/mol. The summed E-state index contributed by atoms with van der Waals surface area (Å²) in [6.07, 6.45) is -2.30. The Morgan fingerprint density at radius 3 is 1.22 bits per heavy atom. The van der Waals surface area contributed by atoms with Gasteiger partial charge in [0.15, 0.2) is 6.29 Å². The van der Waals surface area contributed by atoms with Crippen LogP contribution < -0.4 is 0 Å². The Labute approximate surface area is 116 Å². The van der Waals surface area contributed by atoms with Crippen molar-refractivity contribution in [1.82, 2.24) is 0 Å². The number of carboxylic acid groups (broad SMARTS) is 1. The van der Waals surface area contributed by atoms with Crippen LogP contribution in [0.2, 0.25) is 0 Å². The van der Waals surface area contributed by atoms with Crippen LogP contribution in [0.25, 0.3) is 0 Å². The van der Waals surface area contributed by atoms with Gasteiger partial charge in [-0.05, 0) is 0 Å². The summed E-state index contributed by atoms with van der Waals surface area (Å²) >= 11 is 0. The molecule has 0 atom stereocenters. The topological polar surface area (TPSA) is 54.4 Å². The van der Waals surface area contributed by atoms with E-state index >= 15 is 0 Å². The van der Waals surface area contributed by atoms with Crippen LogP contribution in [0.15, 0.2) is 0 Å². The van der Waals surface area contributed by atoms with Gasteiger partial charge in [0.1, 0.15) is 0 Å². The summed E-state index contributed by atoms with van der Waals surface area (Å²) in [5, 5.41) is 7.61. The number of halogens is 12. The monoisotopic (exact) mass is 374 g/mol. The first-order valence-electron chi connectivity index (χ1n) is 4.72. The second-order valence-corrected chi connectivity index (χ2v) is 3.92. The maximum Gasteiger partial charge on any atom is 0.410 e. The highest BCUT2D eigenvalue weighted by Gasteiger charge is 2.91. The highest BCUT2D eigenvalue weighted by atomic mass is 19.4. The first-order chi connectivity index (χ1) is 9.75. The molecule has 0 aliphatic rings. The lowest BCUT2D eigenvalue weighted by Crippen LogP contribution is -2.71. The van der Waals surface area contributed by atoms with Gasteiger partial charge in [-0.25, -0.2) is 4.79 Å². The van der Waals surface area contributed by atoms with Gasteiger partial charge in [-0.2, -0.15) is 52.7 Å². The predicted octanol–water partition coefficient (Wildman–Crippen LogP) is 3.08. The van der Waals surface area contributed by atoms with Gasteiger partial charge in [0.2, 0.25) is 0 Å². The standard InChI is InChI=1S/C8H2F12O3/c9-3(10,1-21)5(13,14)7(17,18)8(19,20)6(15,16)4(11,12)2(22)23/h1H,(H,22,23). The molecule has 0 amide bonds. The second kappa shape index (κ2) is 5.15. The third-order valence-corrected chi connectivity index (χ3v) is 2.41. The highest BCUT2D eigenvalue weighted by Crippen LogP contribution is 2.59. The molecule has 0 saturated heterocycles. The number of hydrogen-bond acceptors (Lipinski definition) is 2. The summed E-state index contributed by atoms with van der Waals surface area (Å²) in [4.78, 5) is 19.3. The van der Waals surface area contributed by atoms with E-state index in [0.29, 0.717) is 0 Å². The van der Waals surface area contributed by atoms with Gasteiger partial charge in [0.05, 0.1) is 0 Å². The third-order valence-electron chi connectivity index (χ3n) is 2.41. The number of aldehydes is 1. The van der Waals surface area contributed by atoms with Gasteiger partial charge in [0.25, 0.3) is 0 Å². The fraction of sp³-hybridized carbons (Fsp3) is 0.750. The Hall–Kier alpha value is -1.70. The molecule has 0 aromatic carbocycles. The molecule has 0 bridgehead atoms. The van der Waals surface area contributed by atoms with E-state index in [9.17, 15) is 62.3 Å². The number of carbonyl (C=O) groups excluding carboxylic acids is 1. The van der Waals surface area contributed by atoms with E-state index in [1.807, 2.05) is 0 Å². The first kappa shape index (κ1) is 21.3. The molecule has 23 heavy (non-hydrogen) atoms. The minimum Gasteiger partial charge on any atom is -0.477 e. The van der Waals surface area contributed by atoms with Crippen molar-refractivity contribution in [2.75, 3.05) is 0 Å². The zero-order valence-corrected chi connectivity index (χ0v) is 9.88. The minimum atomic E-state index is -7.99. The number of aliphatic carboxylic acids is 1. The van der Waals surface area contributed by atoms with E-state index in [1.54, 1.807) is 0 Å². The minimum absolute atomic E-state index is 2.30. The maximum absolute atomic E-state index is 12.8. The molecule has 15 heteroatoms. The van der Waals surface area contributed by atoms with E-state index in [1.165, 1.54) is 0 Å². The summed E-state index contributed by atoms with van der Waals surface area (Å²) in [6.45, 7) is 0. The molecule has 0 aliphatic heterocycles. The van der Waals surface area contributed by atoms with Crippen molar-refractivity contribution in [3.05, 3.63) is 0 Å². The lowest BCUT2D eigenvalue weighted by atomic mass is 9.92. The second-order valence-electron chi connectivity index (χ2n) is 3.92. The Morgan fingerprint density at radius 2 is 0.957 bits per heavy atom. The van der Waals surface area contributed by atoms with Crippen molar-refractivity contribution in [1.29, 1.82) is 0 Å². The molecular formula is C8H2F12O3. The average Bonchev–Trinajstić information content (AvgIpc) is 2.37. The van der Waals surface area contributed by atoms with Crippen molar-refractivity contribution < 1.29 is 67.4 Å². The molecule has 0 fully saturated rings. The molecular weight excluding hydrogens is 372 g/mol. The Bertz CT molecular complexity index is 497. The molecule has 0 spiro atoms. The van der Waals surface area contributed by atoms with Gasteiger partial charge in [-0.15, -0.1) is 0 Å². The van der Waals surface area contributed by atoms with Crippen molar-refractivity contribution in [3.8, 4) is 0 Å². The van der Waals surface area contributed by atoms with Crippen LogP contribution in [-0.4, -0.2) is 52.9 Å². The van der Waals surface area contributed by atoms with E-state index < -0.39 is 47.8 Å². The number of carbonyl (C=O) groups is 2. The van der Waals surface area contributed by atoms with E-state index in [-0.39, 0.29) is 0 Å². The molecule has 0 rings (SSSR count). The highest BCUT2D eigenvalue weighted by molar-refractivity contribution is 5.77. The van der Waals surface area contributed by atoms with Crippen LogP contribution >= 0.6 is 0 Å². The quantitative estimate of drug-likeness (QED) is 0.551. The van der Waals surface area contributed by atoms with Crippen molar-refractivity contribution in [2.45, 2.75) is 35.5 Å². The van der Waals surface area contributed by atoms with Crippen molar-refractivity contribution in [2.24, 2.45) is 0 Å². The lowest BCUT2D eigenvalue weighted by molar-refractivity contribution is -0.415. The van der Waals surface area contributed by atoms with E-state index in [0.717, 1.165) is 0 Å². The van der Waals surface area contributed by atoms with Gasteiger partial charge in [-0.3, -0.25) is 4.79 Å². The van der Waals surface area contributed by atoms with Gasteiger partial charge in [-0.1, -0.05) is 0 Å². The lowest BCUT2D eigenvalue weighted by Gasteiger charge is -2.39. The van der Waals surface area contributed by atoms with Crippen LogP contribution in [0, 0.1) is 0 Å². The van der Waals surface area contributed by atoms with E-state index in [4.69, 9.17) is 5.11 Å². The van der Waals surface area contributed by atoms with Crippen LogP contribution in [-0.2, 0) is 9.59 Å². The van der Waals surface area contributed by atoms with Crippen LogP contribution in [0.4, 0.5) is 52.7 Å². The van der Waals surface area contributed by atoms with Gasteiger partial charge >= 0.3 is 41.5 Å². The van der Waals surface area contributed by atoms with Gasteiger partial charge in [0, 0.05) is 0 Å². The van der Waals surface area contributed by atoms with Crippen LogP contribution in [0.1, 0.15) is 0 Å². The Kier molecular flexibility index (Phi) is 4.77.